The lowest BCUT2D eigenvalue weighted by Crippen LogP contribution is -2.52. The first-order chi connectivity index (χ1) is 12.7. The Bertz CT molecular complexity index is 657. The normalized spacial score (nSPS) is 23.4. The lowest BCUT2D eigenvalue weighted by Gasteiger charge is -2.39. The van der Waals surface area contributed by atoms with Gasteiger partial charge in [-0.3, -0.25) is 9.69 Å². The molecule has 4 rings (SSSR count). The van der Waals surface area contributed by atoms with Crippen molar-refractivity contribution in [1.29, 1.82) is 0 Å². The van der Waals surface area contributed by atoms with E-state index < -0.39 is 0 Å². The molecule has 0 N–H and O–H groups in total. The van der Waals surface area contributed by atoms with E-state index in [1.807, 2.05) is 23.1 Å². The van der Waals surface area contributed by atoms with Crippen LogP contribution in [0, 0.1) is 0 Å². The zero-order chi connectivity index (χ0) is 18.0. The number of rotatable bonds is 3. The van der Waals surface area contributed by atoms with Crippen molar-refractivity contribution in [2.24, 2.45) is 0 Å². The standard InChI is InChI=1S/C19H25BrN2O4/c20-15-1-2-16-17(13-15)26-19(3-9-24-10-4-19)14-22(18(16)23)6-5-21-7-11-25-12-8-21/h1-2,13H,3-12,14H2. The molecular weight excluding hydrogens is 400 g/mol. The lowest BCUT2D eigenvalue weighted by molar-refractivity contribution is -0.0566. The molecule has 7 heteroatoms. The van der Waals surface area contributed by atoms with Gasteiger partial charge in [0.25, 0.3) is 5.91 Å². The number of fused-ring (bicyclic) bond motifs is 1. The van der Waals surface area contributed by atoms with Gasteiger partial charge < -0.3 is 19.1 Å². The van der Waals surface area contributed by atoms with E-state index in [0.29, 0.717) is 37.6 Å². The fraction of sp³-hybridized carbons (Fsp3) is 0.632. The minimum absolute atomic E-state index is 0.0594. The number of morpholine rings is 1. The summed E-state index contributed by atoms with van der Waals surface area (Å²) in [6.07, 6.45) is 1.61. The van der Waals surface area contributed by atoms with Gasteiger partial charge in [-0.1, -0.05) is 15.9 Å². The molecule has 0 bridgehead atoms. The highest BCUT2D eigenvalue weighted by molar-refractivity contribution is 9.10. The Morgan fingerprint density at radius 2 is 1.77 bits per heavy atom. The molecule has 0 atom stereocenters. The molecule has 0 unspecified atom stereocenters. The van der Waals surface area contributed by atoms with Crippen LogP contribution in [-0.2, 0) is 9.47 Å². The van der Waals surface area contributed by atoms with E-state index in [2.05, 4.69) is 20.8 Å². The summed E-state index contributed by atoms with van der Waals surface area (Å²) in [4.78, 5) is 17.5. The molecule has 3 aliphatic rings. The summed E-state index contributed by atoms with van der Waals surface area (Å²) in [5, 5.41) is 0. The Balaban J connectivity index is 1.57. The molecule has 1 aromatic rings. The van der Waals surface area contributed by atoms with Crippen molar-refractivity contribution in [3.05, 3.63) is 28.2 Å². The summed E-state index contributed by atoms with van der Waals surface area (Å²) < 4.78 is 18.3. The smallest absolute Gasteiger partial charge is 0.257 e. The Kier molecular flexibility index (Phi) is 5.50. The molecule has 1 aromatic carbocycles. The van der Waals surface area contributed by atoms with Gasteiger partial charge in [0.1, 0.15) is 11.4 Å². The van der Waals surface area contributed by atoms with E-state index in [-0.39, 0.29) is 11.5 Å². The summed E-state index contributed by atoms with van der Waals surface area (Å²) in [5.74, 6) is 0.740. The molecular formula is C19H25BrN2O4. The third-order valence-corrected chi connectivity index (χ3v) is 5.95. The van der Waals surface area contributed by atoms with Crippen LogP contribution in [0.2, 0.25) is 0 Å². The van der Waals surface area contributed by atoms with E-state index in [0.717, 1.165) is 50.2 Å². The molecule has 0 radical (unpaired) electrons. The maximum absolute atomic E-state index is 13.2. The van der Waals surface area contributed by atoms with Gasteiger partial charge in [-0.2, -0.15) is 0 Å². The van der Waals surface area contributed by atoms with Crippen LogP contribution in [0.15, 0.2) is 22.7 Å². The average molecular weight is 425 g/mol. The number of benzene rings is 1. The van der Waals surface area contributed by atoms with Gasteiger partial charge in [-0.15, -0.1) is 0 Å². The minimum Gasteiger partial charge on any atom is -0.484 e. The second kappa shape index (κ2) is 7.84. The molecule has 3 heterocycles. The number of halogens is 1. The summed E-state index contributed by atoms with van der Waals surface area (Å²) in [7, 11) is 0. The van der Waals surface area contributed by atoms with Crippen molar-refractivity contribution in [2.45, 2.75) is 18.4 Å². The zero-order valence-electron chi connectivity index (χ0n) is 14.9. The fourth-order valence-corrected chi connectivity index (χ4v) is 4.22. The first-order valence-corrected chi connectivity index (χ1v) is 10.1. The molecule has 3 aliphatic heterocycles. The Morgan fingerprint density at radius 3 is 2.54 bits per heavy atom. The number of hydrogen-bond donors (Lipinski definition) is 0. The predicted molar refractivity (Wildman–Crippen MR) is 101 cm³/mol. The zero-order valence-corrected chi connectivity index (χ0v) is 16.5. The highest BCUT2D eigenvalue weighted by Gasteiger charge is 2.42. The molecule has 2 saturated heterocycles. The average Bonchev–Trinajstić information content (AvgIpc) is 2.76. The van der Waals surface area contributed by atoms with Crippen molar-refractivity contribution in [2.75, 3.05) is 59.2 Å². The highest BCUT2D eigenvalue weighted by atomic mass is 79.9. The molecule has 1 spiro atoms. The van der Waals surface area contributed by atoms with Crippen LogP contribution in [0.4, 0.5) is 0 Å². The number of carbonyl (C=O) groups is 1. The first kappa shape index (κ1) is 18.2. The van der Waals surface area contributed by atoms with Gasteiger partial charge in [0.15, 0.2) is 0 Å². The van der Waals surface area contributed by atoms with Crippen LogP contribution in [0.25, 0.3) is 0 Å². The molecule has 26 heavy (non-hydrogen) atoms. The van der Waals surface area contributed by atoms with E-state index in [1.54, 1.807) is 0 Å². The summed E-state index contributed by atoms with van der Waals surface area (Å²) >= 11 is 3.50. The lowest BCUT2D eigenvalue weighted by atomic mass is 9.93. The van der Waals surface area contributed by atoms with Gasteiger partial charge in [0.05, 0.1) is 38.5 Å². The Morgan fingerprint density at radius 1 is 1.04 bits per heavy atom. The summed E-state index contributed by atoms with van der Waals surface area (Å²) in [5.41, 5.74) is 0.295. The number of amides is 1. The molecule has 0 aromatic heterocycles. The summed E-state index contributed by atoms with van der Waals surface area (Å²) in [6.45, 7) is 6.95. The van der Waals surface area contributed by atoms with Crippen LogP contribution in [-0.4, -0.2) is 80.5 Å². The second-order valence-electron chi connectivity index (χ2n) is 7.22. The quantitative estimate of drug-likeness (QED) is 0.743. The predicted octanol–water partition coefficient (Wildman–Crippen LogP) is 2.17. The van der Waals surface area contributed by atoms with E-state index >= 15 is 0 Å². The number of carbonyl (C=O) groups excluding carboxylic acids is 1. The largest absolute Gasteiger partial charge is 0.484 e. The molecule has 2 fully saturated rings. The van der Waals surface area contributed by atoms with E-state index in [1.165, 1.54) is 0 Å². The third-order valence-electron chi connectivity index (χ3n) is 5.46. The maximum Gasteiger partial charge on any atom is 0.257 e. The number of hydrogen-bond acceptors (Lipinski definition) is 5. The Labute approximate surface area is 162 Å². The van der Waals surface area contributed by atoms with Crippen LogP contribution in [0.1, 0.15) is 23.2 Å². The molecule has 142 valence electrons. The van der Waals surface area contributed by atoms with Gasteiger partial charge in [-0.25, -0.2) is 0 Å². The highest BCUT2D eigenvalue weighted by Crippen LogP contribution is 2.36. The van der Waals surface area contributed by atoms with E-state index in [9.17, 15) is 4.79 Å². The van der Waals surface area contributed by atoms with Crippen molar-refractivity contribution < 1.29 is 19.0 Å². The SMILES string of the molecule is O=C1c2ccc(Br)cc2OC2(CCOCC2)CN1CCN1CCOCC1. The van der Waals surface area contributed by atoms with Gasteiger partial charge in [0, 0.05) is 43.5 Å². The van der Waals surface area contributed by atoms with Gasteiger partial charge in [0.2, 0.25) is 0 Å². The minimum atomic E-state index is -0.356. The number of nitrogens with zero attached hydrogens (tertiary/aromatic N) is 2. The molecule has 1 amide bonds. The molecule has 0 saturated carbocycles. The monoisotopic (exact) mass is 424 g/mol. The van der Waals surface area contributed by atoms with Crippen LogP contribution in [0.3, 0.4) is 0 Å². The fourth-order valence-electron chi connectivity index (χ4n) is 3.88. The Hall–Kier alpha value is -1.15. The van der Waals surface area contributed by atoms with Crippen LogP contribution >= 0.6 is 15.9 Å². The van der Waals surface area contributed by atoms with Crippen LogP contribution < -0.4 is 4.74 Å². The molecule has 0 aliphatic carbocycles. The second-order valence-corrected chi connectivity index (χ2v) is 8.13. The van der Waals surface area contributed by atoms with Crippen LogP contribution in [0.5, 0.6) is 5.75 Å². The third kappa shape index (κ3) is 3.91. The van der Waals surface area contributed by atoms with Gasteiger partial charge >= 0.3 is 0 Å². The van der Waals surface area contributed by atoms with Crippen molar-refractivity contribution >= 4 is 21.8 Å². The van der Waals surface area contributed by atoms with Crippen molar-refractivity contribution in [3.8, 4) is 5.75 Å². The van der Waals surface area contributed by atoms with Crippen molar-refractivity contribution in [1.82, 2.24) is 9.80 Å². The topological polar surface area (TPSA) is 51.2 Å². The van der Waals surface area contributed by atoms with Crippen molar-refractivity contribution in [3.63, 3.8) is 0 Å². The maximum atomic E-state index is 13.2. The first-order valence-electron chi connectivity index (χ1n) is 9.31. The van der Waals surface area contributed by atoms with E-state index in [4.69, 9.17) is 14.2 Å². The molecule has 6 nitrogen and oxygen atoms in total. The number of ether oxygens (including phenoxy) is 3. The van der Waals surface area contributed by atoms with Gasteiger partial charge in [-0.05, 0) is 18.2 Å². The summed E-state index contributed by atoms with van der Waals surface area (Å²) in [6, 6.07) is 5.68.